The fourth-order valence-corrected chi connectivity index (χ4v) is 4.37. The van der Waals surface area contributed by atoms with Gasteiger partial charge < -0.3 is 10.0 Å². The zero-order valence-corrected chi connectivity index (χ0v) is 16.9. The number of carbonyl (C=O) groups is 1. The molecule has 3 aromatic rings. The minimum atomic E-state index is -0.570. The van der Waals surface area contributed by atoms with Gasteiger partial charge in [-0.1, -0.05) is 42.5 Å². The average Bonchev–Trinajstić information content (AvgIpc) is 2.82. The maximum atomic E-state index is 13.2. The summed E-state index contributed by atoms with van der Waals surface area (Å²) in [6, 6.07) is 13.2. The number of pyridine rings is 2. The first kappa shape index (κ1) is 19.1. The molecule has 4 heterocycles. The molecule has 0 unspecified atom stereocenters. The zero-order chi connectivity index (χ0) is 21.4. The molecule has 5 rings (SSSR count). The summed E-state index contributed by atoms with van der Waals surface area (Å²) in [5, 5.41) is 12.5. The molecule has 7 nitrogen and oxygen atoms in total. The fourth-order valence-electron chi connectivity index (χ4n) is 4.37. The first-order valence-corrected chi connectivity index (χ1v) is 10.3. The molecule has 1 aromatic carbocycles. The van der Waals surface area contributed by atoms with Crippen molar-refractivity contribution >= 4 is 5.91 Å². The molecule has 2 aliphatic heterocycles. The Balaban J connectivity index is 1.80. The minimum absolute atomic E-state index is 0.0160. The number of nitrogens with zero attached hydrogens (tertiary/aromatic N) is 4. The normalized spacial score (nSPS) is 19.2. The van der Waals surface area contributed by atoms with Crippen LogP contribution in [0.4, 0.5) is 0 Å². The largest absolute Gasteiger partial charge is 0.502 e. The van der Waals surface area contributed by atoms with E-state index in [4.69, 9.17) is 0 Å². The fraction of sp³-hybridized carbons (Fsp3) is 0.208. The second kappa shape index (κ2) is 7.75. The number of amides is 1. The molecular formula is C24H22N4O3. The predicted molar refractivity (Wildman–Crippen MR) is 116 cm³/mol. The molecule has 2 aliphatic rings. The summed E-state index contributed by atoms with van der Waals surface area (Å²) in [4.78, 5) is 31.3. The molecule has 7 heteroatoms. The zero-order valence-electron chi connectivity index (χ0n) is 16.9. The van der Waals surface area contributed by atoms with Crippen LogP contribution in [0.2, 0.25) is 0 Å². The van der Waals surface area contributed by atoms with Gasteiger partial charge in [0.05, 0.1) is 6.04 Å². The highest BCUT2D eigenvalue weighted by Crippen LogP contribution is 2.34. The summed E-state index contributed by atoms with van der Waals surface area (Å²) < 4.78 is 1.62. The van der Waals surface area contributed by atoms with Gasteiger partial charge in [-0.25, -0.2) is 0 Å². The molecule has 1 atom stereocenters. The van der Waals surface area contributed by atoms with E-state index in [1.807, 2.05) is 41.5 Å². The van der Waals surface area contributed by atoms with E-state index in [2.05, 4.69) is 23.2 Å². The van der Waals surface area contributed by atoms with Crippen LogP contribution >= 0.6 is 0 Å². The van der Waals surface area contributed by atoms with E-state index in [0.717, 1.165) is 24.0 Å². The van der Waals surface area contributed by atoms with Gasteiger partial charge >= 0.3 is 0 Å². The van der Waals surface area contributed by atoms with Crippen molar-refractivity contribution < 1.29 is 9.90 Å². The number of carbonyl (C=O) groups excluding carboxylic acids is 1. The number of benzene rings is 1. The highest BCUT2D eigenvalue weighted by atomic mass is 16.3. The van der Waals surface area contributed by atoms with Crippen LogP contribution in [0.5, 0.6) is 5.75 Å². The van der Waals surface area contributed by atoms with Crippen molar-refractivity contribution in [2.45, 2.75) is 18.9 Å². The quantitative estimate of drug-likeness (QED) is 0.620. The summed E-state index contributed by atoms with van der Waals surface area (Å²) in [6.45, 7) is 0.695. The van der Waals surface area contributed by atoms with E-state index in [9.17, 15) is 14.7 Å². The number of aryl methyl sites for hydroxylation is 1. The second-order valence-corrected chi connectivity index (χ2v) is 7.73. The van der Waals surface area contributed by atoms with Crippen LogP contribution in [-0.2, 0) is 6.42 Å². The first-order valence-electron chi connectivity index (χ1n) is 10.3. The van der Waals surface area contributed by atoms with E-state index in [-0.39, 0.29) is 17.6 Å². The molecule has 0 saturated carbocycles. The van der Waals surface area contributed by atoms with Crippen LogP contribution < -0.4 is 10.4 Å². The minimum Gasteiger partial charge on any atom is -0.502 e. The Hall–Kier alpha value is -3.87. The molecule has 1 N–H and O–H groups in total. The molecule has 31 heavy (non-hydrogen) atoms. The van der Waals surface area contributed by atoms with Gasteiger partial charge in [-0.05, 0) is 35.6 Å². The first-order chi connectivity index (χ1) is 15.1. The van der Waals surface area contributed by atoms with E-state index in [1.54, 1.807) is 22.0 Å². The van der Waals surface area contributed by atoms with Crippen LogP contribution in [-0.4, -0.2) is 38.8 Å². The van der Waals surface area contributed by atoms with Crippen molar-refractivity contribution in [1.29, 1.82) is 0 Å². The number of rotatable bonds is 1. The molecule has 0 spiro atoms. The van der Waals surface area contributed by atoms with Gasteiger partial charge in [0, 0.05) is 31.2 Å². The maximum absolute atomic E-state index is 13.2. The number of hydrogen-bond acceptors (Lipinski definition) is 5. The van der Waals surface area contributed by atoms with Crippen molar-refractivity contribution in [2.24, 2.45) is 0 Å². The van der Waals surface area contributed by atoms with E-state index < -0.39 is 11.2 Å². The van der Waals surface area contributed by atoms with Crippen molar-refractivity contribution in [3.05, 3.63) is 106 Å². The molecule has 2 aromatic heterocycles. The number of aromatic hydroxyl groups is 1. The average molecular weight is 414 g/mol. The molecule has 0 aliphatic carbocycles. The van der Waals surface area contributed by atoms with Crippen LogP contribution in [0.25, 0.3) is 0 Å². The Bertz CT molecular complexity index is 1220. The Morgan fingerprint density at radius 3 is 2.74 bits per heavy atom. The SMILES string of the molecule is O=C1c2c(O)c(=O)ccn2N2CN1C/C=C\CCc1ccccc1[C@@H]2c1cccnc1. The molecule has 0 saturated heterocycles. The molecule has 0 fully saturated rings. The highest BCUT2D eigenvalue weighted by molar-refractivity contribution is 5.96. The van der Waals surface area contributed by atoms with Gasteiger partial charge in [-0.15, -0.1) is 0 Å². The highest BCUT2D eigenvalue weighted by Gasteiger charge is 2.36. The summed E-state index contributed by atoms with van der Waals surface area (Å²) >= 11 is 0. The van der Waals surface area contributed by atoms with Gasteiger partial charge in [0.1, 0.15) is 6.67 Å². The Morgan fingerprint density at radius 2 is 1.90 bits per heavy atom. The number of aromatic nitrogens is 2. The van der Waals surface area contributed by atoms with E-state index >= 15 is 0 Å². The molecule has 156 valence electrons. The Labute approximate surface area is 179 Å². The maximum Gasteiger partial charge on any atom is 0.278 e. The van der Waals surface area contributed by atoms with Crippen LogP contribution in [0.1, 0.15) is 39.6 Å². The third-order valence-corrected chi connectivity index (χ3v) is 5.86. The van der Waals surface area contributed by atoms with Crippen LogP contribution in [0.15, 0.2) is 78.0 Å². The summed E-state index contributed by atoms with van der Waals surface area (Å²) in [6.07, 6.45) is 10.9. The van der Waals surface area contributed by atoms with Crippen molar-refractivity contribution in [3.63, 3.8) is 0 Å². The van der Waals surface area contributed by atoms with Gasteiger partial charge in [0.15, 0.2) is 11.4 Å². The molecule has 1 amide bonds. The standard InChI is InChI=1S/C24H22N4O3/c29-20-11-14-27-22(23(20)30)24(31)26-13-5-1-2-7-17-8-3-4-10-19(17)21(28(27)16-26)18-9-6-12-25-15-18/h1,3-6,8-12,14-15,21,30H,2,7,13,16H2/b5-1-/t21-/m0/s1. The van der Waals surface area contributed by atoms with Crippen molar-refractivity contribution in [2.75, 3.05) is 18.2 Å². The third kappa shape index (κ3) is 3.28. The van der Waals surface area contributed by atoms with Gasteiger partial charge in [-0.3, -0.25) is 24.3 Å². The van der Waals surface area contributed by atoms with E-state index in [0.29, 0.717) is 13.2 Å². The van der Waals surface area contributed by atoms with Crippen molar-refractivity contribution in [1.82, 2.24) is 14.6 Å². The summed E-state index contributed by atoms with van der Waals surface area (Å²) in [5.41, 5.74) is 2.68. The number of allylic oxidation sites excluding steroid dienone is 1. The third-order valence-electron chi connectivity index (χ3n) is 5.86. The van der Waals surface area contributed by atoms with Gasteiger partial charge in [0.25, 0.3) is 5.91 Å². The van der Waals surface area contributed by atoms with Gasteiger partial charge in [-0.2, -0.15) is 0 Å². The van der Waals surface area contributed by atoms with Crippen LogP contribution in [0, 0.1) is 0 Å². The molecule has 0 radical (unpaired) electrons. The lowest BCUT2D eigenvalue weighted by Gasteiger charge is -2.44. The monoisotopic (exact) mass is 414 g/mol. The summed E-state index contributed by atoms with van der Waals surface area (Å²) in [7, 11) is 0. The predicted octanol–water partition coefficient (Wildman–Crippen LogP) is 2.59. The summed E-state index contributed by atoms with van der Waals surface area (Å²) in [5.74, 6) is -0.896. The Morgan fingerprint density at radius 1 is 1.03 bits per heavy atom. The lowest BCUT2D eigenvalue weighted by molar-refractivity contribution is 0.0701. The lowest BCUT2D eigenvalue weighted by atomic mass is 9.92. The lowest BCUT2D eigenvalue weighted by Crippen LogP contribution is -2.55. The van der Waals surface area contributed by atoms with Crippen molar-refractivity contribution in [3.8, 4) is 5.75 Å². The molecular weight excluding hydrogens is 392 g/mol. The second-order valence-electron chi connectivity index (χ2n) is 7.73. The smallest absolute Gasteiger partial charge is 0.278 e. The molecule has 2 bridgehead atoms. The number of fused-ring (bicyclic) bond motifs is 5. The topological polar surface area (TPSA) is 78.7 Å². The Kier molecular flexibility index (Phi) is 4.78. The van der Waals surface area contributed by atoms with E-state index in [1.165, 1.54) is 11.6 Å². The van der Waals surface area contributed by atoms with Gasteiger partial charge in [0.2, 0.25) is 5.43 Å². The number of hydrogen-bond donors (Lipinski definition) is 1. The van der Waals surface area contributed by atoms with Crippen LogP contribution in [0.3, 0.4) is 0 Å².